The number of hydrogen-bond acceptors (Lipinski definition) is 4. The average molecular weight is 639 g/mol. The van der Waals surface area contributed by atoms with Crippen molar-refractivity contribution in [2.24, 2.45) is 0 Å². The summed E-state index contributed by atoms with van der Waals surface area (Å²) in [6.07, 6.45) is 2.01. The molecular weight excluding hydrogens is 605 g/mol. The second kappa shape index (κ2) is 14.9. The van der Waals surface area contributed by atoms with Gasteiger partial charge in [0.05, 0.1) is 20.6 Å². The van der Waals surface area contributed by atoms with Crippen molar-refractivity contribution in [3.63, 3.8) is 0 Å². The van der Waals surface area contributed by atoms with Crippen LogP contribution in [0.4, 0.5) is 5.69 Å². The molecule has 0 saturated heterocycles. The van der Waals surface area contributed by atoms with Crippen molar-refractivity contribution in [2.45, 2.75) is 57.5 Å². The van der Waals surface area contributed by atoms with Gasteiger partial charge in [0, 0.05) is 18.1 Å². The summed E-state index contributed by atoms with van der Waals surface area (Å²) in [6.45, 7) is 5.63. The molecule has 0 radical (unpaired) electrons. The van der Waals surface area contributed by atoms with E-state index in [4.69, 9.17) is 34.8 Å². The summed E-state index contributed by atoms with van der Waals surface area (Å²) in [5.41, 5.74) is 1.79. The molecule has 0 saturated carbocycles. The summed E-state index contributed by atoms with van der Waals surface area (Å²) in [4.78, 5) is 28.7. The summed E-state index contributed by atoms with van der Waals surface area (Å²) in [5.74, 6) is -0.857. The zero-order valence-corrected chi connectivity index (χ0v) is 26.3. The monoisotopic (exact) mass is 637 g/mol. The first-order valence-corrected chi connectivity index (χ1v) is 15.9. The lowest BCUT2D eigenvalue weighted by Crippen LogP contribution is -2.52. The Morgan fingerprint density at radius 2 is 1.63 bits per heavy atom. The third kappa shape index (κ3) is 8.61. The molecule has 0 spiro atoms. The summed E-state index contributed by atoms with van der Waals surface area (Å²) >= 11 is 18.3. The Morgan fingerprint density at radius 3 is 2.24 bits per heavy atom. The third-order valence-corrected chi connectivity index (χ3v) is 9.30. The van der Waals surface area contributed by atoms with Gasteiger partial charge in [-0.1, -0.05) is 73.3 Å². The molecule has 3 rings (SSSR count). The Kier molecular flexibility index (Phi) is 11.9. The second-order valence-electron chi connectivity index (χ2n) is 9.64. The Hall–Kier alpha value is -2.78. The lowest BCUT2D eigenvalue weighted by atomic mass is 10.1. The van der Waals surface area contributed by atoms with Crippen LogP contribution >= 0.6 is 34.8 Å². The standard InChI is InChI=1S/C30H34Cl3N3O4S/c1-4-6-16-34-30(38)28(5-2)35(19-22-10-15-26(32)27(33)18-22)29(37)20-36(24-9-7-8-21(3)17-24)41(39,40)25-13-11-23(31)12-14-25/h7-15,17-18,28H,4-6,16,19-20H2,1-3H3,(H,34,38)/t28-/m0/s1. The van der Waals surface area contributed by atoms with Crippen molar-refractivity contribution < 1.29 is 18.0 Å². The minimum Gasteiger partial charge on any atom is -0.354 e. The van der Waals surface area contributed by atoms with Crippen molar-refractivity contribution in [2.75, 3.05) is 17.4 Å². The van der Waals surface area contributed by atoms with Crippen LogP contribution in [0.25, 0.3) is 0 Å². The van der Waals surface area contributed by atoms with Gasteiger partial charge in [0.15, 0.2) is 0 Å². The Balaban J connectivity index is 2.05. The molecule has 7 nitrogen and oxygen atoms in total. The number of aryl methyl sites for hydroxylation is 1. The van der Waals surface area contributed by atoms with Crippen LogP contribution in [-0.4, -0.2) is 44.3 Å². The Bertz CT molecular complexity index is 1470. The second-order valence-corrected chi connectivity index (χ2v) is 12.8. The van der Waals surface area contributed by atoms with Gasteiger partial charge >= 0.3 is 0 Å². The maximum absolute atomic E-state index is 14.1. The topological polar surface area (TPSA) is 86.8 Å². The maximum atomic E-state index is 14.1. The maximum Gasteiger partial charge on any atom is 0.264 e. The first kappa shape index (κ1) is 32.7. The van der Waals surface area contributed by atoms with E-state index >= 15 is 0 Å². The molecule has 0 fully saturated rings. The molecule has 0 aliphatic carbocycles. The minimum absolute atomic E-state index is 0.0170. The van der Waals surface area contributed by atoms with Gasteiger partial charge in [-0.25, -0.2) is 8.42 Å². The highest BCUT2D eigenvalue weighted by atomic mass is 35.5. The number of amides is 2. The fourth-order valence-electron chi connectivity index (χ4n) is 4.31. The van der Waals surface area contributed by atoms with Crippen LogP contribution in [0.5, 0.6) is 0 Å². The van der Waals surface area contributed by atoms with Crippen LogP contribution in [0.3, 0.4) is 0 Å². The highest BCUT2D eigenvalue weighted by Crippen LogP contribution is 2.27. The van der Waals surface area contributed by atoms with Crippen LogP contribution in [0, 0.1) is 6.92 Å². The molecule has 11 heteroatoms. The van der Waals surface area contributed by atoms with Gasteiger partial charge in [-0.3, -0.25) is 13.9 Å². The lowest BCUT2D eigenvalue weighted by Gasteiger charge is -2.33. The van der Waals surface area contributed by atoms with Crippen molar-refractivity contribution >= 4 is 62.3 Å². The Labute approximate surface area is 257 Å². The van der Waals surface area contributed by atoms with Gasteiger partial charge in [-0.15, -0.1) is 0 Å². The fourth-order valence-corrected chi connectivity index (χ4v) is 6.16. The molecule has 3 aromatic carbocycles. The molecule has 220 valence electrons. The van der Waals surface area contributed by atoms with E-state index in [1.807, 2.05) is 26.8 Å². The minimum atomic E-state index is -4.18. The molecule has 0 aliphatic heterocycles. The number of hydrogen-bond donors (Lipinski definition) is 1. The first-order valence-electron chi connectivity index (χ1n) is 13.3. The number of carbonyl (C=O) groups is 2. The van der Waals surface area contributed by atoms with E-state index in [1.165, 1.54) is 29.2 Å². The summed E-state index contributed by atoms with van der Waals surface area (Å²) in [5, 5.41) is 3.96. The zero-order chi connectivity index (χ0) is 30.2. The molecule has 0 unspecified atom stereocenters. The number of nitrogens with zero attached hydrogens (tertiary/aromatic N) is 2. The SMILES string of the molecule is CCCCNC(=O)[C@H](CC)N(Cc1ccc(Cl)c(Cl)c1)C(=O)CN(c1cccc(C)c1)S(=O)(=O)c1ccc(Cl)cc1. The summed E-state index contributed by atoms with van der Waals surface area (Å²) in [7, 11) is -4.18. The lowest BCUT2D eigenvalue weighted by molar-refractivity contribution is -0.140. The molecule has 1 atom stereocenters. The van der Waals surface area contributed by atoms with Crippen molar-refractivity contribution in [1.82, 2.24) is 10.2 Å². The first-order chi connectivity index (χ1) is 19.5. The van der Waals surface area contributed by atoms with Gasteiger partial charge in [0.2, 0.25) is 11.8 Å². The molecule has 41 heavy (non-hydrogen) atoms. The number of benzene rings is 3. The normalized spacial score (nSPS) is 12.0. The van der Waals surface area contributed by atoms with Gasteiger partial charge in [-0.2, -0.15) is 0 Å². The molecule has 0 aliphatic rings. The highest BCUT2D eigenvalue weighted by Gasteiger charge is 2.33. The van der Waals surface area contributed by atoms with Crippen LogP contribution < -0.4 is 9.62 Å². The van der Waals surface area contributed by atoms with Crippen LogP contribution in [0.1, 0.15) is 44.2 Å². The number of carbonyl (C=O) groups excluding carboxylic acids is 2. The van der Waals surface area contributed by atoms with E-state index in [0.717, 1.165) is 22.7 Å². The molecule has 0 bridgehead atoms. The van der Waals surface area contributed by atoms with E-state index in [1.54, 1.807) is 36.4 Å². The Morgan fingerprint density at radius 1 is 0.927 bits per heavy atom. The molecular formula is C30H34Cl3N3O4S. The largest absolute Gasteiger partial charge is 0.354 e. The van der Waals surface area contributed by atoms with Crippen molar-refractivity contribution in [3.05, 3.63) is 92.9 Å². The van der Waals surface area contributed by atoms with E-state index in [0.29, 0.717) is 39.3 Å². The number of sulfonamides is 1. The van der Waals surface area contributed by atoms with Crippen molar-refractivity contribution in [1.29, 1.82) is 0 Å². The molecule has 0 heterocycles. The van der Waals surface area contributed by atoms with E-state index < -0.39 is 28.5 Å². The van der Waals surface area contributed by atoms with Crippen molar-refractivity contribution in [3.8, 4) is 0 Å². The number of anilines is 1. The van der Waals surface area contributed by atoms with Gasteiger partial charge in [-0.05, 0) is 79.4 Å². The predicted octanol–water partition coefficient (Wildman–Crippen LogP) is 6.87. The van der Waals surface area contributed by atoms with E-state index in [-0.39, 0.29) is 17.3 Å². The molecule has 1 N–H and O–H groups in total. The smallest absolute Gasteiger partial charge is 0.264 e. The summed E-state index contributed by atoms with van der Waals surface area (Å²) < 4.78 is 28.9. The van der Waals surface area contributed by atoms with Gasteiger partial charge < -0.3 is 10.2 Å². The van der Waals surface area contributed by atoms with Gasteiger partial charge in [0.25, 0.3) is 10.0 Å². The molecule has 0 aromatic heterocycles. The fraction of sp³-hybridized carbons (Fsp3) is 0.333. The zero-order valence-electron chi connectivity index (χ0n) is 23.2. The van der Waals surface area contributed by atoms with E-state index in [2.05, 4.69) is 5.32 Å². The van der Waals surface area contributed by atoms with Crippen LogP contribution in [-0.2, 0) is 26.2 Å². The number of halogens is 3. The third-order valence-electron chi connectivity index (χ3n) is 6.52. The average Bonchev–Trinajstić information content (AvgIpc) is 2.93. The number of nitrogens with one attached hydrogen (secondary N) is 1. The van der Waals surface area contributed by atoms with Gasteiger partial charge in [0.1, 0.15) is 12.6 Å². The quantitative estimate of drug-likeness (QED) is 0.207. The van der Waals surface area contributed by atoms with E-state index in [9.17, 15) is 18.0 Å². The summed E-state index contributed by atoms with van der Waals surface area (Å²) in [6, 6.07) is 16.8. The number of unbranched alkanes of at least 4 members (excludes halogenated alkanes) is 1. The highest BCUT2D eigenvalue weighted by molar-refractivity contribution is 7.92. The van der Waals surface area contributed by atoms with Crippen LogP contribution in [0.2, 0.25) is 15.1 Å². The predicted molar refractivity (Wildman–Crippen MR) is 166 cm³/mol. The number of rotatable bonds is 13. The van der Waals surface area contributed by atoms with Crippen LogP contribution in [0.15, 0.2) is 71.6 Å². The molecule has 2 amide bonds. The molecule has 3 aromatic rings.